The normalized spacial score (nSPS) is 13.2. The molecule has 2 rings (SSSR count). The summed E-state index contributed by atoms with van der Waals surface area (Å²) >= 11 is 0. The number of alkyl halides is 3. The predicted molar refractivity (Wildman–Crippen MR) is 62.6 cm³/mol. The molecule has 2 aromatic rings. The fourth-order valence-corrected chi connectivity index (χ4v) is 1.71. The summed E-state index contributed by atoms with van der Waals surface area (Å²) in [6.45, 7) is 1.32. The average Bonchev–Trinajstić information content (AvgIpc) is 2.90. The molecule has 0 bridgehead atoms. The van der Waals surface area contributed by atoms with Crippen molar-refractivity contribution >= 4 is 5.78 Å². The van der Waals surface area contributed by atoms with Crippen molar-refractivity contribution in [3.05, 3.63) is 53.4 Å². The number of carbonyl (C=O) groups is 1. The van der Waals surface area contributed by atoms with Crippen LogP contribution >= 0.6 is 0 Å². The van der Waals surface area contributed by atoms with Gasteiger partial charge in [0.15, 0.2) is 17.4 Å². The molecule has 0 saturated carbocycles. The second-order valence-corrected chi connectivity index (χ2v) is 4.38. The number of Topliss-reactive ketones (excluding diaryl/α,β-unsaturated/α-hetero) is 1. The highest BCUT2D eigenvalue weighted by molar-refractivity contribution is 5.98. The first-order valence-corrected chi connectivity index (χ1v) is 5.81. The minimum absolute atomic E-state index is 0.148. The summed E-state index contributed by atoms with van der Waals surface area (Å²) in [5.74, 6) is -2.99. The Hall–Kier alpha value is -2.25. The summed E-state index contributed by atoms with van der Waals surface area (Å²) in [5, 5.41) is 3.48. The van der Waals surface area contributed by atoms with Crippen molar-refractivity contribution in [3.8, 4) is 0 Å². The van der Waals surface area contributed by atoms with E-state index >= 15 is 0 Å². The van der Waals surface area contributed by atoms with Gasteiger partial charge in [-0.05, 0) is 25.1 Å². The SMILES string of the molecule is CC(C(=O)c1ccc(F)c(F)c1)n1cc(C(F)(F)F)cn1. The fraction of sp³-hybridized carbons (Fsp3) is 0.231. The van der Waals surface area contributed by atoms with Gasteiger partial charge < -0.3 is 0 Å². The number of ketones is 1. The van der Waals surface area contributed by atoms with Crippen molar-refractivity contribution in [2.75, 3.05) is 0 Å². The number of hydrogen-bond donors (Lipinski definition) is 0. The highest BCUT2D eigenvalue weighted by Crippen LogP contribution is 2.29. The fourth-order valence-electron chi connectivity index (χ4n) is 1.71. The Bertz CT molecular complexity index is 677. The standard InChI is InChI=1S/C13H9F5N2O/c1-7(20-6-9(5-19-20)13(16,17)18)12(21)8-2-3-10(14)11(15)4-8/h2-7H,1H3. The number of benzene rings is 1. The van der Waals surface area contributed by atoms with Gasteiger partial charge in [0, 0.05) is 11.8 Å². The largest absolute Gasteiger partial charge is 0.419 e. The molecular formula is C13H9F5N2O. The monoisotopic (exact) mass is 304 g/mol. The zero-order chi connectivity index (χ0) is 15.8. The average molecular weight is 304 g/mol. The van der Waals surface area contributed by atoms with Crippen LogP contribution in [0.5, 0.6) is 0 Å². The van der Waals surface area contributed by atoms with Crippen LogP contribution in [0.4, 0.5) is 22.0 Å². The smallest absolute Gasteiger partial charge is 0.292 e. The van der Waals surface area contributed by atoms with E-state index in [2.05, 4.69) is 5.10 Å². The third-order valence-corrected chi connectivity index (χ3v) is 2.91. The molecule has 0 aliphatic rings. The van der Waals surface area contributed by atoms with Gasteiger partial charge in [0.25, 0.3) is 0 Å². The Morgan fingerprint density at radius 2 is 1.90 bits per heavy atom. The zero-order valence-electron chi connectivity index (χ0n) is 10.7. The van der Waals surface area contributed by atoms with E-state index in [9.17, 15) is 26.7 Å². The van der Waals surface area contributed by atoms with Crippen LogP contribution in [-0.4, -0.2) is 15.6 Å². The molecule has 3 nitrogen and oxygen atoms in total. The van der Waals surface area contributed by atoms with Crippen molar-refractivity contribution in [2.24, 2.45) is 0 Å². The van der Waals surface area contributed by atoms with E-state index in [0.717, 1.165) is 16.8 Å². The van der Waals surface area contributed by atoms with E-state index in [1.807, 2.05) is 0 Å². The van der Waals surface area contributed by atoms with E-state index in [-0.39, 0.29) is 5.56 Å². The third kappa shape index (κ3) is 3.09. The Kier molecular flexibility index (Phi) is 3.80. The van der Waals surface area contributed by atoms with Gasteiger partial charge in [-0.2, -0.15) is 18.3 Å². The summed E-state index contributed by atoms with van der Waals surface area (Å²) in [6, 6.07) is 1.46. The summed E-state index contributed by atoms with van der Waals surface area (Å²) < 4.78 is 64.1. The molecule has 112 valence electrons. The first-order chi connectivity index (χ1) is 9.70. The lowest BCUT2D eigenvalue weighted by Gasteiger charge is -2.11. The van der Waals surface area contributed by atoms with Gasteiger partial charge in [-0.1, -0.05) is 0 Å². The maximum atomic E-state index is 13.1. The Labute approximate surface area is 116 Å². The van der Waals surface area contributed by atoms with Crippen LogP contribution in [0.1, 0.15) is 28.9 Å². The second-order valence-electron chi connectivity index (χ2n) is 4.38. The third-order valence-electron chi connectivity index (χ3n) is 2.91. The topological polar surface area (TPSA) is 34.9 Å². The maximum absolute atomic E-state index is 13.1. The Morgan fingerprint density at radius 3 is 2.43 bits per heavy atom. The highest BCUT2D eigenvalue weighted by Gasteiger charge is 2.33. The van der Waals surface area contributed by atoms with Gasteiger partial charge in [-0.25, -0.2) is 8.78 Å². The van der Waals surface area contributed by atoms with E-state index in [1.54, 1.807) is 0 Å². The van der Waals surface area contributed by atoms with Gasteiger partial charge in [0.2, 0.25) is 0 Å². The van der Waals surface area contributed by atoms with Crippen molar-refractivity contribution < 1.29 is 26.7 Å². The minimum atomic E-state index is -4.57. The predicted octanol–water partition coefficient (Wildman–Crippen LogP) is 3.62. The molecule has 0 N–H and O–H groups in total. The van der Waals surface area contributed by atoms with Gasteiger partial charge in [-0.15, -0.1) is 0 Å². The first kappa shape index (κ1) is 15.1. The Balaban J connectivity index is 2.26. The van der Waals surface area contributed by atoms with E-state index in [0.29, 0.717) is 18.5 Å². The van der Waals surface area contributed by atoms with Crippen molar-refractivity contribution in [3.63, 3.8) is 0 Å². The van der Waals surface area contributed by atoms with E-state index in [4.69, 9.17) is 0 Å². The molecule has 0 aliphatic heterocycles. The number of aromatic nitrogens is 2. The van der Waals surface area contributed by atoms with E-state index < -0.39 is 35.2 Å². The van der Waals surface area contributed by atoms with Crippen LogP contribution in [0, 0.1) is 11.6 Å². The van der Waals surface area contributed by atoms with Crippen molar-refractivity contribution in [1.82, 2.24) is 9.78 Å². The van der Waals surface area contributed by atoms with Gasteiger partial charge in [-0.3, -0.25) is 9.48 Å². The molecule has 0 radical (unpaired) electrons. The number of hydrogen-bond acceptors (Lipinski definition) is 2. The molecule has 0 spiro atoms. The number of carbonyl (C=O) groups excluding carboxylic acids is 1. The Morgan fingerprint density at radius 1 is 1.24 bits per heavy atom. The van der Waals surface area contributed by atoms with Gasteiger partial charge >= 0.3 is 6.18 Å². The highest BCUT2D eigenvalue weighted by atomic mass is 19.4. The summed E-state index contributed by atoms with van der Waals surface area (Å²) in [7, 11) is 0. The molecular weight excluding hydrogens is 295 g/mol. The molecule has 0 saturated heterocycles. The van der Waals surface area contributed by atoms with Gasteiger partial charge in [0.1, 0.15) is 6.04 Å². The van der Waals surface area contributed by atoms with Crippen LogP contribution in [0.3, 0.4) is 0 Å². The summed E-state index contributed by atoms with van der Waals surface area (Å²) in [6.07, 6.45) is -3.29. The van der Waals surface area contributed by atoms with Crippen LogP contribution in [0.2, 0.25) is 0 Å². The molecule has 21 heavy (non-hydrogen) atoms. The van der Waals surface area contributed by atoms with Crippen LogP contribution in [-0.2, 0) is 6.18 Å². The molecule has 0 aliphatic carbocycles. The van der Waals surface area contributed by atoms with Crippen molar-refractivity contribution in [1.29, 1.82) is 0 Å². The molecule has 8 heteroatoms. The minimum Gasteiger partial charge on any atom is -0.292 e. The molecule has 1 atom stereocenters. The quantitative estimate of drug-likeness (QED) is 0.641. The number of rotatable bonds is 3. The van der Waals surface area contributed by atoms with Crippen molar-refractivity contribution in [2.45, 2.75) is 19.1 Å². The molecule has 0 amide bonds. The molecule has 1 heterocycles. The van der Waals surface area contributed by atoms with Crippen LogP contribution in [0.15, 0.2) is 30.6 Å². The lowest BCUT2D eigenvalue weighted by atomic mass is 10.1. The number of halogens is 5. The molecule has 1 aromatic heterocycles. The second kappa shape index (κ2) is 5.27. The van der Waals surface area contributed by atoms with Gasteiger partial charge in [0.05, 0.1) is 11.8 Å². The molecule has 1 unspecified atom stereocenters. The summed E-state index contributed by atoms with van der Waals surface area (Å²) in [4.78, 5) is 12.0. The lowest BCUT2D eigenvalue weighted by Crippen LogP contribution is -2.17. The number of nitrogens with zero attached hydrogens (tertiary/aromatic N) is 2. The summed E-state index contributed by atoms with van der Waals surface area (Å²) in [5.41, 5.74) is -1.14. The molecule has 0 fully saturated rings. The maximum Gasteiger partial charge on any atom is 0.419 e. The van der Waals surface area contributed by atoms with Crippen LogP contribution < -0.4 is 0 Å². The van der Waals surface area contributed by atoms with E-state index in [1.165, 1.54) is 6.92 Å². The van der Waals surface area contributed by atoms with Crippen LogP contribution in [0.25, 0.3) is 0 Å². The lowest BCUT2D eigenvalue weighted by molar-refractivity contribution is -0.137. The zero-order valence-corrected chi connectivity index (χ0v) is 10.7. The first-order valence-electron chi connectivity index (χ1n) is 5.81. The molecule has 1 aromatic carbocycles.